The first-order chi connectivity index (χ1) is 28.5. The van der Waals surface area contributed by atoms with Crippen LogP contribution in [0.5, 0.6) is 34.5 Å². The third-order valence-electron chi connectivity index (χ3n) is 9.48. The van der Waals surface area contributed by atoms with Crippen LogP contribution in [-0.4, -0.2) is 153 Å². The van der Waals surface area contributed by atoms with Gasteiger partial charge in [0, 0.05) is 18.2 Å². The molecule has 0 radical (unpaired) electrons. The van der Waals surface area contributed by atoms with Crippen molar-refractivity contribution in [1.82, 2.24) is 0 Å². The van der Waals surface area contributed by atoms with Crippen LogP contribution in [0.15, 0.2) is 66.4 Å². The number of carboxylic acid groups (broad SMARTS) is 1. The van der Waals surface area contributed by atoms with Crippen LogP contribution in [-0.2, 0) is 38.1 Å². The fourth-order valence-corrected chi connectivity index (χ4v) is 6.29. The average Bonchev–Trinajstić information content (AvgIpc) is 3.20. The predicted molar refractivity (Wildman–Crippen MR) is 197 cm³/mol. The number of benzene rings is 3. The number of aliphatic hydroxyl groups is 7. The number of hydrogen-bond donors (Lipinski definition) is 11. The monoisotopic (exact) mass is 845 g/mol. The van der Waals surface area contributed by atoms with Crippen LogP contribution in [0.3, 0.4) is 0 Å². The van der Waals surface area contributed by atoms with Crippen LogP contribution in [0, 0.1) is 0 Å². The van der Waals surface area contributed by atoms with Gasteiger partial charge < -0.3 is 89.3 Å². The molecule has 6 rings (SSSR count). The number of hydrogen-bond acceptors (Lipinski definition) is 19. The molecule has 0 aliphatic carbocycles. The largest absolute Gasteiger partial charge is 0.571 e. The molecule has 21 heteroatoms. The van der Waals surface area contributed by atoms with Crippen LogP contribution >= 0.6 is 0 Å². The van der Waals surface area contributed by atoms with Crippen molar-refractivity contribution in [2.24, 2.45) is 0 Å². The second-order valence-corrected chi connectivity index (χ2v) is 13.8. The van der Waals surface area contributed by atoms with Gasteiger partial charge in [-0.15, -0.1) is 0 Å². The molecule has 60 heavy (non-hydrogen) atoms. The van der Waals surface area contributed by atoms with Crippen molar-refractivity contribution in [3.8, 4) is 34.5 Å². The lowest BCUT2D eigenvalue weighted by Gasteiger charge is -2.41. The lowest BCUT2D eigenvalue weighted by Crippen LogP contribution is -2.60. The molecular formula is C39H41O21+. The Labute approximate surface area is 338 Å². The number of phenols is 4. The Balaban J connectivity index is 1.26. The van der Waals surface area contributed by atoms with Crippen molar-refractivity contribution in [2.75, 3.05) is 13.2 Å². The SMILES string of the molecule is O=C(O)CC(=O)OC[C@@H]1O[C@H](Oc2cc(O)cc3c2C=C(O[C@H]2O[C@@H](COC(=O)C=Cc4ccc(O)cc4)[C@H](O)[C@@H](O)[C@@H]2O)C(c2ccc(O)c(O)c2)[OH+]3)[C@@H](O)[C@H](O)[C@H]1O. The van der Waals surface area contributed by atoms with Crippen LogP contribution in [0.4, 0.5) is 0 Å². The first kappa shape index (κ1) is 43.4. The summed E-state index contributed by atoms with van der Waals surface area (Å²) in [7, 11) is 0. The lowest BCUT2D eigenvalue weighted by atomic mass is 9.98. The summed E-state index contributed by atoms with van der Waals surface area (Å²) < 4.78 is 38.0. The van der Waals surface area contributed by atoms with E-state index in [-0.39, 0.29) is 34.1 Å². The number of carboxylic acids is 1. The molecule has 0 bridgehead atoms. The summed E-state index contributed by atoms with van der Waals surface area (Å²) in [5.41, 5.74) is 0.729. The fourth-order valence-electron chi connectivity index (χ4n) is 6.29. The summed E-state index contributed by atoms with van der Waals surface area (Å²) in [5, 5.41) is 114. The summed E-state index contributed by atoms with van der Waals surface area (Å²) in [6, 6.07) is 11.8. The predicted octanol–water partition coefficient (Wildman–Crippen LogP) is -0.869. The molecule has 0 spiro atoms. The van der Waals surface area contributed by atoms with Gasteiger partial charge in [-0.05, 0) is 42.0 Å². The maximum atomic E-state index is 12.5. The minimum absolute atomic E-state index is 0.000300. The van der Waals surface area contributed by atoms with Crippen LogP contribution in [0.1, 0.15) is 29.2 Å². The zero-order chi connectivity index (χ0) is 43.4. The lowest BCUT2D eigenvalue weighted by molar-refractivity contribution is -0.296. The number of carbonyl (C=O) groups excluding carboxylic acids is 2. The number of fused-ring (bicyclic) bond motifs is 1. The molecule has 3 aromatic rings. The van der Waals surface area contributed by atoms with Crippen molar-refractivity contribution in [3.05, 3.63) is 83.1 Å². The topological polar surface area (TPSA) is 342 Å². The van der Waals surface area contributed by atoms with Gasteiger partial charge in [-0.3, -0.25) is 9.59 Å². The Morgan fingerprint density at radius 1 is 0.683 bits per heavy atom. The number of esters is 2. The van der Waals surface area contributed by atoms with Gasteiger partial charge in [-0.1, -0.05) is 12.1 Å². The number of carbonyl (C=O) groups is 3. The first-order valence-electron chi connectivity index (χ1n) is 18.0. The van der Waals surface area contributed by atoms with E-state index in [1.807, 2.05) is 0 Å². The van der Waals surface area contributed by atoms with Gasteiger partial charge in [0.15, 0.2) is 17.3 Å². The van der Waals surface area contributed by atoms with Gasteiger partial charge in [0.25, 0.3) is 11.9 Å². The van der Waals surface area contributed by atoms with Crippen LogP contribution < -0.4 is 4.74 Å². The van der Waals surface area contributed by atoms with Gasteiger partial charge in [0.1, 0.15) is 91.3 Å². The Hall–Kier alpha value is -6.17. The zero-order valence-corrected chi connectivity index (χ0v) is 30.9. The molecule has 12 N–H and O–H groups in total. The second-order valence-electron chi connectivity index (χ2n) is 13.8. The molecule has 2 saturated heterocycles. The molecule has 0 saturated carbocycles. The first-order valence-corrected chi connectivity index (χ1v) is 18.0. The minimum atomic E-state index is -1.95. The third-order valence-corrected chi connectivity index (χ3v) is 9.48. The molecule has 11 atom stereocenters. The van der Waals surface area contributed by atoms with E-state index in [0.29, 0.717) is 5.56 Å². The van der Waals surface area contributed by atoms with Crippen molar-refractivity contribution < 1.29 is 104 Å². The summed E-state index contributed by atoms with van der Waals surface area (Å²) in [4.78, 5) is 35.2. The third kappa shape index (κ3) is 9.98. The van der Waals surface area contributed by atoms with E-state index in [2.05, 4.69) is 4.74 Å². The van der Waals surface area contributed by atoms with Crippen molar-refractivity contribution >= 4 is 30.1 Å². The van der Waals surface area contributed by atoms with Gasteiger partial charge in [0.05, 0.1) is 11.6 Å². The molecule has 3 aromatic carbocycles. The standard InChI is InChI=1S/C39H40O21/c40-18-5-1-16(2-6-18)3-8-29(46)54-14-26-31(48)34(51)36(53)39(60-26)58-25-12-20-23(56-37(25)17-4-7-21(42)22(43)9-17)10-19(41)11-24(20)57-38-35(52)33(50)32(49)27(59-38)15-55-30(47)13-28(44)45/h1-12,26-27,31-43,48-53H,13-15H2,(H,44,45)/p+1/t26-,27-,31-,32-,33+,34+,35-,36-,37?,38-,39-/m0/s1. The highest BCUT2D eigenvalue weighted by atomic mass is 16.7. The second kappa shape index (κ2) is 18.4. The van der Waals surface area contributed by atoms with Crippen LogP contribution in [0.2, 0.25) is 0 Å². The van der Waals surface area contributed by atoms with Crippen LogP contribution in [0.25, 0.3) is 12.2 Å². The quantitative estimate of drug-likeness (QED) is 0.0327. The van der Waals surface area contributed by atoms with Gasteiger partial charge in [-0.25, -0.2) is 4.79 Å². The molecule has 0 aromatic heterocycles. The highest BCUT2D eigenvalue weighted by molar-refractivity contribution is 5.90. The van der Waals surface area contributed by atoms with Gasteiger partial charge in [0.2, 0.25) is 12.6 Å². The molecule has 1 unspecified atom stereocenters. The van der Waals surface area contributed by atoms with E-state index in [1.54, 1.807) is 0 Å². The van der Waals surface area contributed by atoms with Gasteiger partial charge in [-0.2, -0.15) is 0 Å². The Bertz CT molecular complexity index is 2100. The van der Waals surface area contributed by atoms with E-state index in [9.17, 15) is 65.4 Å². The molecule has 3 aliphatic heterocycles. The number of rotatable bonds is 13. The summed E-state index contributed by atoms with van der Waals surface area (Å²) in [6.45, 7) is -1.39. The number of phenolic OH excluding ortho intramolecular Hbond substituents is 4. The molecule has 21 nitrogen and oxygen atoms in total. The van der Waals surface area contributed by atoms with Crippen molar-refractivity contribution in [1.29, 1.82) is 0 Å². The summed E-state index contributed by atoms with van der Waals surface area (Å²) >= 11 is 0. The van der Waals surface area contributed by atoms with E-state index >= 15 is 0 Å². The Morgan fingerprint density at radius 2 is 1.30 bits per heavy atom. The van der Waals surface area contributed by atoms with E-state index < -0.39 is 122 Å². The zero-order valence-electron chi connectivity index (χ0n) is 30.9. The summed E-state index contributed by atoms with van der Waals surface area (Å²) in [6.07, 6.45) is -16.5. The fraction of sp³-hybridized carbons (Fsp3) is 0.359. The minimum Gasteiger partial charge on any atom is -0.571 e. The van der Waals surface area contributed by atoms with E-state index in [1.165, 1.54) is 48.6 Å². The molecule has 3 heterocycles. The number of aliphatic hydroxyl groups excluding tert-OH is 6. The number of ether oxygens (including phenoxy) is 7. The maximum Gasteiger partial charge on any atom is 0.330 e. The summed E-state index contributed by atoms with van der Waals surface area (Å²) in [5.74, 6) is -5.52. The van der Waals surface area contributed by atoms with Crippen molar-refractivity contribution in [2.45, 2.75) is 73.9 Å². The number of aliphatic carboxylic acids is 1. The van der Waals surface area contributed by atoms with E-state index in [0.717, 1.165) is 24.3 Å². The highest BCUT2D eigenvalue weighted by Crippen LogP contribution is 2.47. The van der Waals surface area contributed by atoms with Gasteiger partial charge >= 0.3 is 17.9 Å². The Kier molecular flexibility index (Phi) is 13.3. The smallest absolute Gasteiger partial charge is 0.330 e. The number of aromatic hydroxyl groups is 5. The molecule has 322 valence electrons. The molecule has 3 aliphatic rings. The average molecular weight is 846 g/mol. The maximum absolute atomic E-state index is 12.5. The normalized spacial score (nSPS) is 28.8. The van der Waals surface area contributed by atoms with E-state index in [4.69, 9.17) is 33.5 Å². The molecule has 0 amide bonds. The Morgan fingerprint density at radius 3 is 1.92 bits per heavy atom. The molecule has 2 fully saturated rings. The molecular weight excluding hydrogens is 804 g/mol. The highest BCUT2D eigenvalue weighted by Gasteiger charge is 2.48. The van der Waals surface area contributed by atoms with Crippen molar-refractivity contribution in [3.63, 3.8) is 0 Å².